The molecule has 1 aromatic carbocycles. The third kappa shape index (κ3) is 4.71. The quantitative estimate of drug-likeness (QED) is 0.644. The van der Waals surface area contributed by atoms with Crippen molar-refractivity contribution in [1.82, 2.24) is 20.4 Å². The van der Waals surface area contributed by atoms with Crippen LogP contribution in [0.3, 0.4) is 0 Å². The number of aliphatic hydroxyl groups is 1. The number of ether oxygens (including phenoxy) is 2. The largest absolute Gasteiger partial charge is 0.497 e. The monoisotopic (exact) mass is 348 g/mol. The van der Waals surface area contributed by atoms with Gasteiger partial charge in [0.05, 0.1) is 26.5 Å². The van der Waals surface area contributed by atoms with Crippen LogP contribution in [0.4, 0.5) is 0 Å². The summed E-state index contributed by atoms with van der Waals surface area (Å²) in [6.07, 6.45) is 2.51. The molecule has 2 unspecified atom stereocenters. The van der Waals surface area contributed by atoms with Crippen LogP contribution in [0, 0.1) is 0 Å². The van der Waals surface area contributed by atoms with Gasteiger partial charge in [-0.1, -0.05) is 0 Å². The Bertz CT molecular complexity index is 694. The fourth-order valence-corrected chi connectivity index (χ4v) is 2.48. The summed E-state index contributed by atoms with van der Waals surface area (Å²) in [6.45, 7) is 0.0631. The Balaban J connectivity index is 2.03. The SMILES string of the molecule is CNC(C(=O)NCC(O)c1cc(OC)cc(OC)c1)c1cnn(C)c1. The standard InChI is InChI=1S/C17H24N4O4/c1-18-16(12-8-20-21(2)10-12)17(23)19-9-15(22)11-5-13(24-3)7-14(6-11)25-4/h5-8,10,15-16,18,22H,9H2,1-4H3,(H,19,23). The third-order valence-electron chi connectivity index (χ3n) is 3.84. The molecule has 8 heteroatoms. The number of carbonyl (C=O) groups is 1. The lowest BCUT2D eigenvalue weighted by molar-refractivity contribution is -0.123. The van der Waals surface area contributed by atoms with Gasteiger partial charge in [-0.15, -0.1) is 0 Å². The van der Waals surface area contributed by atoms with E-state index in [-0.39, 0.29) is 12.5 Å². The van der Waals surface area contributed by atoms with Crippen LogP contribution in [0.15, 0.2) is 30.6 Å². The van der Waals surface area contributed by atoms with Crippen LogP contribution in [0.2, 0.25) is 0 Å². The zero-order valence-corrected chi connectivity index (χ0v) is 14.8. The summed E-state index contributed by atoms with van der Waals surface area (Å²) >= 11 is 0. The second-order valence-electron chi connectivity index (χ2n) is 5.58. The van der Waals surface area contributed by atoms with E-state index in [4.69, 9.17) is 9.47 Å². The van der Waals surface area contributed by atoms with Crippen molar-refractivity contribution in [2.75, 3.05) is 27.8 Å². The number of aromatic nitrogens is 2. The van der Waals surface area contributed by atoms with E-state index < -0.39 is 12.1 Å². The molecule has 2 atom stereocenters. The summed E-state index contributed by atoms with van der Waals surface area (Å²) in [5, 5.41) is 20.1. The van der Waals surface area contributed by atoms with E-state index in [9.17, 15) is 9.90 Å². The average molecular weight is 348 g/mol. The fraction of sp³-hybridized carbons (Fsp3) is 0.412. The molecule has 1 aromatic heterocycles. The van der Waals surface area contributed by atoms with Gasteiger partial charge in [-0.3, -0.25) is 9.48 Å². The Morgan fingerprint density at radius 2 is 1.88 bits per heavy atom. The van der Waals surface area contributed by atoms with Crippen LogP contribution in [0.1, 0.15) is 23.3 Å². The van der Waals surface area contributed by atoms with Gasteiger partial charge in [0.1, 0.15) is 17.5 Å². The molecule has 0 saturated carbocycles. The molecule has 0 aliphatic rings. The molecule has 2 aromatic rings. The molecule has 3 N–H and O–H groups in total. The maximum Gasteiger partial charge on any atom is 0.241 e. The number of hydrogen-bond acceptors (Lipinski definition) is 6. The van der Waals surface area contributed by atoms with Gasteiger partial charge >= 0.3 is 0 Å². The van der Waals surface area contributed by atoms with Crippen LogP contribution in [0.25, 0.3) is 0 Å². The number of amides is 1. The highest BCUT2D eigenvalue weighted by Gasteiger charge is 2.21. The number of aryl methyl sites for hydroxylation is 1. The molecule has 0 spiro atoms. The summed E-state index contributed by atoms with van der Waals surface area (Å²) in [5.74, 6) is 0.899. The van der Waals surface area contributed by atoms with E-state index in [2.05, 4.69) is 15.7 Å². The third-order valence-corrected chi connectivity index (χ3v) is 3.84. The van der Waals surface area contributed by atoms with Gasteiger partial charge in [0.25, 0.3) is 0 Å². The van der Waals surface area contributed by atoms with Gasteiger partial charge < -0.3 is 25.2 Å². The minimum atomic E-state index is -0.889. The molecule has 2 rings (SSSR count). The molecule has 0 radical (unpaired) electrons. The zero-order chi connectivity index (χ0) is 18.4. The van der Waals surface area contributed by atoms with Crippen molar-refractivity contribution in [3.8, 4) is 11.5 Å². The molecule has 1 amide bonds. The van der Waals surface area contributed by atoms with Crippen LogP contribution in [0.5, 0.6) is 11.5 Å². The van der Waals surface area contributed by atoms with Crippen molar-refractivity contribution >= 4 is 5.91 Å². The smallest absolute Gasteiger partial charge is 0.241 e. The summed E-state index contributed by atoms with van der Waals surface area (Å²) in [7, 11) is 6.56. The second kappa shape index (κ2) is 8.50. The van der Waals surface area contributed by atoms with E-state index in [0.717, 1.165) is 5.56 Å². The Morgan fingerprint density at radius 3 is 2.36 bits per heavy atom. The van der Waals surface area contributed by atoms with Crippen molar-refractivity contribution < 1.29 is 19.4 Å². The number of carbonyl (C=O) groups excluding carboxylic acids is 1. The first-order valence-electron chi connectivity index (χ1n) is 7.83. The van der Waals surface area contributed by atoms with Crippen LogP contribution in [-0.2, 0) is 11.8 Å². The first kappa shape index (κ1) is 18.8. The minimum absolute atomic E-state index is 0.0631. The molecule has 0 bridgehead atoms. The predicted octanol–water partition coefficient (Wildman–Crippen LogP) is 0.548. The Hall–Kier alpha value is -2.58. The van der Waals surface area contributed by atoms with Crippen LogP contribution in [-0.4, -0.2) is 48.6 Å². The van der Waals surface area contributed by atoms with Gasteiger partial charge in [0.15, 0.2) is 0 Å². The Morgan fingerprint density at radius 1 is 1.24 bits per heavy atom. The highest BCUT2D eigenvalue weighted by atomic mass is 16.5. The van der Waals surface area contributed by atoms with E-state index in [1.54, 1.807) is 49.4 Å². The van der Waals surface area contributed by atoms with Gasteiger partial charge in [-0.25, -0.2) is 0 Å². The number of nitrogens with zero attached hydrogens (tertiary/aromatic N) is 2. The first-order valence-corrected chi connectivity index (χ1v) is 7.83. The lowest BCUT2D eigenvalue weighted by Gasteiger charge is -2.18. The molecule has 0 fully saturated rings. The van der Waals surface area contributed by atoms with E-state index in [1.165, 1.54) is 14.2 Å². The lowest BCUT2D eigenvalue weighted by atomic mass is 10.1. The maximum atomic E-state index is 12.4. The summed E-state index contributed by atoms with van der Waals surface area (Å²) in [6, 6.07) is 4.58. The number of rotatable bonds is 8. The Kier molecular flexibility index (Phi) is 6.37. The van der Waals surface area contributed by atoms with Gasteiger partial charge in [-0.05, 0) is 24.7 Å². The fourth-order valence-electron chi connectivity index (χ4n) is 2.48. The van der Waals surface area contributed by atoms with Gasteiger partial charge in [0, 0.05) is 31.4 Å². The number of methoxy groups -OCH3 is 2. The Labute approximate surface area is 146 Å². The van der Waals surface area contributed by atoms with Gasteiger partial charge in [-0.2, -0.15) is 5.10 Å². The summed E-state index contributed by atoms with van der Waals surface area (Å²) in [5.41, 5.74) is 1.35. The predicted molar refractivity (Wildman–Crippen MR) is 92.5 cm³/mol. The highest BCUT2D eigenvalue weighted by molar-refractivity contribution is 5.83. The molecule has 25 heavy (non-hydrogen) atoms. The van der Waals surface area contributed by atoms with Crippen LogP contribution >= 0.6 is 0 Å². The van der Waals surface area contributed by atoms with E-state index >= 15 is 0 Å². The van der Waals surface area contributed by atoms with E-state index in [0.29, 0.717) is 17.1 Å². The van der Waals surface area contributed by atoms with Crippen molar-refractivity contribution in [1.29, 1.82) is 0 Å². The van der Waals surface area contributed by atoms with Crippen molar-refractivity contribution in [2.45, 2.75) is 12.1 Å². The second-order valence-corrected chi connectivity index (χ2v) is 5.58. The average Bonchev–Trinajstić information content (AvgIpc) is 3.05. The molecule has 8 nitrogen and oxygen atoms in total. The first-order chi connectivity index (χ1) is 12.0. The lowest BCUT2D eigenvalue weighted by Crippen LogP contribution is -2.37. The summed E-state index contributed by atoms with van der Waals surface area (Å²) in [4.78, 5) is 12.4. The zero-order valence-electron chi connectivity index (χ0n) is 14.8. The normalized spacial score (nSPS) is 13.2. The van der Waals surface area contributed by atoms with E-state index in [1.807, 2.05) is 0 Å². The molecule has 0 aliphatic heterocycles. The highest BCUT2D eigenvalue weighted by Crippen LogP contribution is 2.26. The number of hydrogen-bond donors (Lipinski definition) is 3. The van der Waals surface area contributed by atoms with Crippen LogP contribution < -0.4 is 20.1 Å². The molecular weight excluding hydrogens is 324 g/mol. The van der Waals surface area contributed by atoms with Crippen molar-refractivity contribution in [3.63, 3.8) is 0 Å². The number of aliphatic hydroxyl groups excluding tert-OH is 1. The minimum Gasteiger partial charge on any atom is -0.497 e. The van der Waals surface area contributed by atoms with Crippen molar-refractivity contribution in [3.05, 3.63) is 41.7 Å². The number of benzene rings is 1. The topological polar surface area (TPSA) is 97.6 Å². The number of nitrogens with one attached hydrogen (secondary N) is 2. The molecule has 0 aliphatic carbocycles. The van der Waals surface area contributed by atoms with Crippen molar-refractivity contribution in [2.24, 2.45) is 7.05 Å². The number of likely N-dealkylation sites (N-methyl/N-ethyl adjacent to an activating group) is 1. The molecule has 136 valence electrons. The summed E-state index contributed by atoms with van der Waals surface area (Å²) < 4.78 is 12.0. The maximum absolute atomic E-state index is 12.4. The van der Waals surface area contributed by atoms with Gasteiger partial charge in [0.2, 0.25) is 5.91 Å². The molecular formula is C17H24N4O4. The molecule has 0 saturated heterocycles. The molecule has 1 heterocycles.